The van der Waals surface area contributed by atoms with E-state index in [1.807, 2.05) is 0 Å². The highest BCUT2D eigenvalue weighted by atomic mass is 19.3. The molecular formula is C14H19F3N2O. The van der Waals surface area contributed by atoms with Crippen molar-refractivity contribution in [3.05, 3.63) is 17.9 Å². The van der Waals surface area contributed by atoms with Gasteiger partial charge in [-0.05, 0) is 18.8 Å². The summed E-state index contributed by atoms with van der Waals surface area (Å²) in [6, 6.07) is 2.44. The summed E-state index contributed by atoms with van der Waals surface area (Å²) < 4.78 is 42.0. The number of anilines is 2. The molecule has 0 radical (unpaired) electrons. The van der Waals surface area contributed by atoms with Crippen LogP contribution in [-0.2, 0) is 0 Å². The zero-order valence-electron chi connectivity index (χ0n) is 11.3. The van der Waals surface area contributed by atoms with Gasteiger partial charge in [0.05, 0.1) is 11.4 Å². The van der Waals surface area contributed by atoms with Crippen molar-refractivity contribution in [3.8, 4) is 5.75 Å². The van der Waals surface area contributed by atoms with E-state index >= 15 is 0 Å². The van der Waals surface area contributed by atoms with Crippen LogP contribution in [0.2, 0.25) is 0 Å². The second-order valence-corrected chi connectivity index (χ2v) is 5.36. The molecule has 1 aromatic rings. The lowest BCUT2D eigenvalue weighted by molar-refractivity contribution is -0.0521. The molecule has 3 nitrogen and oxygen atoms in total. The molecule has 1 fully saturated rings. The van der Waals surface area contributed by atoms with Crippen molar-refractivity contribution < 1.29 is 17.9 Å². The summed E-state index contributed by atoms with van der Waals surface area (Å²) in [4.78, 5) is 0. The molecule has 6 heteroatoms. The van der Waals surface area contributed by atoms with Gasteiger partial charge in [-0.2, -0.15) is 8.78 Å². The quantitative estimate of drug-likeness (QED) is 0.823. The highest BCUT2D eigenvalue weighted by Crippen LogP contribution is 2.32. The molecule has 1 saturated carbocycles. The Morgan fingerprint density at radius 3 is 2.75 bits per heavy atom. The zero-order chi connectivity index (χ0) is 14.7. The van der Waals surface area contributed by atoms with Gasteiger partial charge in [0.1, 0.15) is 0 Å². The van der Waals surface area contributed by atoms with Crippen LogP contribution in [0.15, 0.2) is 12.1 Å². The van der Waals surface area contributed by atoms with Crippen molar-refractivity contribution >= 4 is 11.4 Å². The molecule has 0 spiro atoms. The largest absolute Gasteiger partial charge is 0.432 e. The predicted octanol–water partition coefficient (Wildman–Crippen LogP) is 4.00. The summed E-state index contributed by atoms with van der Waals surface area (Å²) in [6.07, 6.45) is 4.28. The fourth-order valence-corrected chi connectivity index (χ4v) is 2.67. The Kier molecular flexibility index (Phi) is 4.62. The van der Waals surface area contributed by atoms with Crippen LogP contribution in [0.5, 0.6) is 5.75 Å². The number of benzene rings is 1. The molecular weight excluding hydrogens is 269 g/mol. The van der Waals surface area contributed by atoms with E-state index in [9.17, 15) is 13.2 Å². The first-order valence-corrected chi connectivity index (χ1v) is 6.76. The molecule has 1 aromatic carbocycles. The Labute approximate surface area is 116 Å². The molecule has 1 aliphatic rings. The number of halogens is 3. The lowest BCUT2D eigenvalue weighted by atomic mass is 9.87. The van der Waals surface area contributed by atoms with E-state index in [0.717, 1.165) is 25.3 Å². The Balaban J connectivity index is 2.13. The van der Waals surface area contributed by atoms with Gasteiger partial charge in [-0.3, -0.25) is 0 Å². The second-order valence-electron chi connectivity index (χ2n) is 5.36. The van der Waals surface area contributed by atoms with Crippen LogP contribution < -0.4 is 15.8 Å². The highest BCUT2D eigenvalue weighted by molar-refractivity contribution is 5.69. The van der Waals surface area contributed by atoms with Crippen LogP contribution in [0.25, 0.3) is 0 Å². The van der Waals surface area contributed by atoms with Crippen molar-refractivity contribution in [1.29, 1.82) is 0 Å². The molecule has 20 heavy (non-hydrogen) atoms. The molecule has 1 aliphatic carbocycles. The van der Waals surface area contributed by atoms with E-state index in [1.54, 1.807) is 0 Å². The predicted molar refractivity (Wildman–Crippen MR) is 72.5 cm³/mol. The SMILES string of the molecule is CC1CCCC(Nc2cc(OC(F)F)c(F)cc2N)C1. The zero-order valence-corrected chi connectivity index (χ0v) is 11.3. The maximum absolute atomic E-state index is 13.5. The minimum absolute atomic E-state index is 0.197. The number of hydrogen-bond acceptors (Lipinski definition) is 3. The minimum Gasteiger partial charge on any atom is -0.432 e. The Morgan fingerprint density at radius 1 is 1.35 bits per heavy atom. The first-order chi connectivity index (χ1) is 9.45. The van der Waals surface area contributed by atoms with Gasteiger partial charge >= 0.3 is 6.61 Å². The van der Waals surface area contributed by atoms with Gasteiger partial charge in [-0.15, -0.1) is 0 Å². The maximum atomic E-state index is 13.5. The van der Waals surface area contributed by atoms with Crippen molar-refractivity contribution in [2.75, 3.05) is 11.1 Å². The van der Waals surface area contributed by atoms with Crippen molar-refractivity contribution in [2.45, 2.75) is 45.3 Å². The van der Waals surface area contributed by atoms with Gasteiger partial charge < -0.3 is 15.8 Å². The smallest absolute Gasteiger partial charge is 0.387 e. The van der Waals surface area contributed by atoms with Gasteiger partial charge in [0.2, 0.25) is 0 Å². The fraction of sp³-hybridized carbons (Fsp3) is 0.571. The number of nitrogen functional groups attached to an aromatic ring is 1. The first-order valence-electron chi connectivity index (χ1n) is 6.76. The normalized spacial score (nSPS) is 22.9. The van der Waals surface area contributed by atoms with E-state index in [-0.39, 0.29) is 11.7 Å². The summed E-state index contributed by atoms with van der Waals surface area (Å²) in [5.41, 5.74) is 6.37. The standard InChI is InChI=1S/C14H19F3N2O/c1-8-3-2-4-9(5-8)19-12-7-13(20-14(16)17)10(15)6-11(12)18/h6-9,14,19H,2-5,18H2,1H3. The molecule has 0 bridgehead atoms. The van der Waals surface area contributed by atoms with Gasteiger partial charge in [0.15, 0.2) is 11.6 Å². The number of rotatable bonds is 4. The number of nitrogens with two attached hydrogens (primary N) is 1. The average Bonchev–Trinajstić information content (AvgIpc) is 2.34. The van der Waals surface area contributed by atoms with Crippen molar-refractivity contribution in [2.24, 2.45) is 5.92 Å². The molecule has 0 aromatic heterocycles. The molecule has 3 N–H and O–H groups in total. The van der Waals surface area contributed by atoms with Gasteiger partial charge in [-0.1, -0.05) is 19.8 Å². The highest BCUT2D eigenvalue weighted by Gasteiger charge is 2.20. The van der Waals surface area contributed by atoms with Crippen LogP contribution >= 0.6 is 0 Å². The van der Waals surface area contributed by atoms with Crippen LogP contribution in [0.3, 0.4) is 0 Å². The van der Waals surface area contributed by atoms with Crippen molar-refractivity contribution in [3.63, 3.8) is 0 Å². The summed E-state index contributed by atoms with van der Waals surface area (Å²) in [5, 5.41) is 3.20. The monoisotopic (exact) mass is 288 g/mol. The minimum atomic E-state index is -3.06. The molecule has 0 aliphatic heterocycles. The molecule has 0 saturated heterocycles. The molecule has 2 rings (SSSR count). The van der Waals surface area contributed by atoms with Crippen LogP contribution in [0, 0.1) is 11.7 Å². The number of nitrogens with one attached hydrogen (secondary N) is 1. The molecule has 2 unspecified atom stereocenters. The van der Waals surface area contributed by atoms with E-state index in [2.05, 4.69) is 17.0 Å². The third-order valence-corrected chi connectivity index (χ3v) is 3.62. The Bertz CT molecular complexity index is 468. The summed E-state index contributed by atoms with van der Waals surface area (Å²) in [6.45, 7) is -0.886. The van der Waals surface area contributed by atoms with Crippen LogP contribution in [0.1, 0.15) is 32.6 Å². The van der Waals surface area contributed by atoms with E-state index < -0.39 is 18.2 Å². The molecule has 0 amide bonds. The van der Waals surface area contributed by atoms with E-state index in [1.165, 1.54) is 12.5 Å². The van der Waals surface area contributed by atoms with Crippen LogP contribution in [-0.4, -0.2) is 12.7 Å². The van der Waals surface area contributed by atoms with E-state index in [0.29, 0.717) is 11.6 Å². The average molecular weight is 288 g/mol. The maximum Gasteiger partial charge on any atom is 0.387 e. The molecule has 0 heterocycles. The second kappa shape index (κ2) is 6.24. The Hall–Kier alpha value is -1.59. The summed E-state index contributed by atoms with van der Waals surface area (Å²) in [7, 11) is 0. The first kappa shape index (κ1) is 14.8. The lowest BCUT2D eigenvalue weighted by Gasteiger charge is -2.29. The molecule has 2 atom stereocenters. The van der Waals surface area contributed by atoms with Crippen molar-refractivity contribution in [1.82, 2.24) is 0 Å². The summed E-state index contributed by atoms with van der Waals surface area (Å²) in [5.74, 6) is -0.759. The van der Waals surface area contributed by atoms with E-state index in [4.69, 9.17) is 5.73 Å². The topological polar surface area (TPSA) is 47.3 Å². The Morgan fingerprint density at radius 2 is 2.10 bits per heavy atom. The molecule has 112 valence electrons. The lowest BCUT2D eigenvalue weighted by Crippen LogP contribution is -2.26. The fourth-order valence-electron chi connectivity index (χ4n) is 2.67. The summed E-state index contributed by atoms with van der Waals surface area (Å²) >= 11 is 0. The van der Waals surface area contributed by atoms with Gasteiger partial charge in [0.25, 0.3) is 0 Å². The van der Waals surface area contributed by atoms with Gasteiger partial charge in [0, 0.05) is 18.2 Å². The van der Waals surface area contributed by atoms with Gasteiger partial charge in [-0.25, -0.2) is 4.39 Å². The number of alkyl halides is 2. The number of ether oxygens (including phenoxy) is 1. The third-order valence-electron chi connectivity index (χ3n) is 3.62. The van der Waals surface area contributed by atoms with Crippen LogP contribution in [0.4, 0.5) is 24.5 Å². The number of hydrogen-bond donors (Lipinski definition) is 2. The third kappa shape index (κ3) is 3.71.